The van der Waals surface area contributed by atoms with Crippen molar-refractivity contribution in [3.05, 3.63) is 23.8 Å². The second-order valence-corrected chi connectivity index (χ2v) is 6.31. The highest BCUT2D eigenvalue weighted by Crippen LogP contribution is 2.40. The van der Waals surface area contributed by atoms with Crippen molar-refractivity contribution >= 4 is 17.6 Å². The number of anilines is 1. The van der Waals surface area contributed by atoms with Crippen molar-refractivity contribution in [3.63, 3.8) is 0 Å². The van der Waals surface area contributed by atoms with Gasteiger partial charge in [-0.2, -0.15) is 0 Å². The molecular formula is C16H19NO4. The zero-order valence-corrected chi connectivity index (χ0v) is 12.3. The summed E-state index contributed by atoms with van der Waals surface area (Å²) >= 11 is 0. The average Bonchev–Trinajstić information content (AvgIpc) is 2.36. The number of benzene rings is 1. The van der Waals surface area contributed by atoms with Crippen LogP contribution in [-0.4, -0.2) is 29.1 Å². The Morgan fingerprint density at radius 1 is 1.43 bits per heavy atom. The molecule has 21 heavy (non-hydrogen) atoms. The summed E-state index contributed by atoms with van der Waals surface area (Å²) in [5.41, 5.74) is -0.170. The third-order valence-electron chi connectivity index (χ3n) is 4.29. The lowest BCUT2D eigenvalue weighted by Gasteiger charge is -2.41. The number of fused-ring (bicyclic) bond motifs is 1. The summed E-state index contributed by atoms with van der Waals surface area (Å²) < 4.78 is 5.75. The van der Waals surface area contributed by atoms with Crippen molar-refractivity contribution in [1.29, 1.82) is 0 Å². The minimum absolute atomic E-state index is 0.107. The van der Waals surface area contributed by atoms with Crippen LogP contribution in [0.1, 0.15) is 43.5 Å². The highest BCUT2D eigenvalue weighted by molar-refractivity contribution is 6.03. The summed E-state index contributed by atoms with van der Waals surface area (Å²) in [6.07, 6.45) is 3.45. The molecule has 2 aliphatic rings. The van der Waals surface area contributed by atoms with E-state index < -0.39 is 11.6 Å². The van der Waals surface area contributed by atoms with E-state index in [0.29, 0.717) is 23.9 Å². The van der Waals surface area contributed by atoms with Gasteiger partial charge in [-0.05, 0) is 50.8 Å². The van der Waals surface area contributed by atoms with Crippen LogP contribution in [-0.2, 0) is 4.79 Å². The molecular weight excluding hydrogens is 270 g/mol. The third-order valence-corrected chi connectivity index (χ3v) is 4.29. The van der Waals surface area contributed by atoms with Gasteiger partial charge in [-0.1, -0.05) is 6.42 Å². The molecule has 0 saturated heterocycles. The van der Waals surface area contributed by atoms with Crippen LogP contribution in [0.25, 0.3) is 0 Å². The Morgan fingerprint density at radius 2 is 2.14 bits per heavy atom. The van der Waals surface area contributed by atoms with Gasteiger partial charge in [0.2, 0.25) is 0 Å². The number of amides is 1. The predicted molar refractivity (Wildman–Crippen MR) is 77.8 cm³/mol. The Morgan fingerprint density at radius 3 is 2.71 bits per heavy atom. The quantitative estimate of drug-likeness (QED) is 0.929. The van der Waals surface area contributed by atoms with E-state index in [4.69, 9.17) is 9.84 Å². The first-order chi connectivity index (χ1) is 9.88. The van der Waals surface area contributed by atoms with Gasteiger partial charge in [0.1, 0.15) is 5.75 Å². The number of aromatic carboxylic acids is 1. The van der Waals surface area contributed by atoms with Crippen LogP contribution in [0.15, 0.2) is 18.2 Å². The maximum Gasteiger partial charge on any atom is 0.335 e. The van der Waals surface area contributed by atoms with Gasteiger partial charge in [-0.15, -0.1) is 0 Å². The maximum absolute atomic E-state index is 12.6. The van der Waals surface area contributed by atoms with Crippen molar-refractivity contribution in [3.8, 4) is 5.75 Å². The van der Waals surface area contributed by atoms with Crippen LogP contribution < -0.4 is 9.64 Å². The summed E-state index contributed by atoms with van der Waals surface area (Å²) in [6, 6.07) is 4.68. The number of rotatable bonds is 3. The minimum Gasteiger partial charge on any atom is -0.478 e. The maximum atomic E-state index is 12.6. The van der Waals surface area contributed by atoms with Gasteiger partial charge < -0.3 is 14.7 Å². The first-order valence-electron chi connectivity index (χ1n) is 7.27. The molecule has 5 heteroatoms. The van der Waals surface area contributed by atoms with E-state index in [1.54, 1.807) is 24.8 Å². The smallest absolute Gasteiger partial charge is 0.335 e. The highest BCUT2D eigenvalue weighted by atomic mass is 16.5. The molecule has 3 rings (SSSR count). The molecule has 1 heterocycles. The van der Waals surface area contributed by atoms with Crippen molar-refractivity contribution in [2.45, 2.75) is 38.7 Å². The fraction of sp³-hybridized carbons (Fsp3) is 0.500. The lowest BCUT2D eigenvalue weighted by molar-refractivity contribution is -0.133. The molecule has 0 radical (unpaired) electrons. The average molecular weight is 289 g/mol. The number of hydrogen-bond donors (Lipinski definition) is 1. The first-order valence-corrected chi connectivity index (χ1v) is 7.27. The number of ether oxygens (including phenoxy) is 1. The number of carboxylic acid groups (broad SMARTS) is 1. The number of hydrogen-bond acceptors (Lipinski definition) is 3. The Labute approximate surface area is 123 Å². The van der Waals surface area contributed by atoms with Gasteiger partial charge in [0.25, 0.3) is 5.91 Å². The normalized spacial score (nSPS) is 20.5. The summed E-state index contributed by atoms with van der Waals surface area (Å²) in [6.45, 7) is 4.13. The van der Waals surface area contributed by atoms with E-state index in [0.717, 1.165) is 12.8 Å². The van der Waals surface area contributed by atoms with Crippen LogP contribution in [0, 0.1) is 5.92 Å². The topological polar surface area (TPSA) is 66.8 Å². The molecule has 1 amide bonds. The molecule has 0 unspecified atom stereocenters. The molecule has 1 aliphatic carbocycles. The lowest BCUT2D eigenvalue weighted by Crippen LogP contribution is -2.54. The van der Waals surface area contributed by atoms with Crippen molar-refractivity contribution in [2.24, 2.45) is 5.92 Å². The molecule has 0 aromatic heterocycles. The van der Waals surface area contributed by atoms with Gasteiger partial charge >= 0.3 is 5.97 Å². The number of carbonyl (C=O) groups excluding carboxylic acids is 1. The number of carbonyl (C=O) groups is 2. The largest absolute Gasteiger partial charge is 0.478 e. The molecule has 5 nitrogen and oxygen atoms in total. The van der Waals surface area contributed by atoms with Crippen LogP contribution in [0.3, 0.4) is 0 Å². The summed E-state index contributed by atoms with van der Waals surface area (Å²) in [7, 11) is 0. The van der Waals surface area contributed by atoms with Crippen molar-refractivity contribution in [1.82, 2.24) is 0 Å². The number of nitrogens with zero attached hydrogens (tertiary/aromatic N) is 1. The Hall–Kier alpha value is -2.04. The van der Waals surface area contributed by atoms with Gasteiger partial charge in [0.05, 0.1) is 11.3 Å². The zero-order chi connectivity index (χ0) is 15.2. The second kappa shape index (κ2) is 4.76. The van der Waals surface area contributed by atoms with Crippen LogP contribution in [0.4, 0.5) is 5.69 Å². The zero-order valence-electron chi connectivity index (χ0n) is 12.3. The summed E-state index contributed by atoms with van der Waals surface area (Å²) in [5, 5.41) is 9.14. The first kappa shape index (κ1) is 13.9. The standard InChI is InChI=1S/C16H19NO4/c1-16(2)15(20)17(9-10-4-3-5-10)12-8-11(14(18)19)6-7-13(12)21-16/h6-8,10H,3-5,9H2,1-2H3,(H,18,19). The Balaban J connectivity index is 2.02. The molecule has 1 saturated carbocycles. The fourth-order valence-electron chi connectivity index (χ4n) is 2.82. The van der Waals surface area contributed by atoms with Crippen molar-refractivity contribution in [2.75, 3.05) is 11.4 Å². The molecule has 1 aliphatic heterocycles. The Bertz CT molecular complexity index is 604. The van der Waals surface area contributed by atoms with Gasteiger partial charge in [-0.25, -0.2) is 4.79 Å². The Kier molecular flexibility index (Phi) is 3.15. The highest BCUT2D eigenvalue weighted by Gasteiger charge is 2.42. The minimum atomic E-state index is -1.00. The predicted octanol–water partition coefficient (Wildman–Crippen LogP) is 2.69. The summed E-state index contributed by atoms with van der Waals surface area (Å²) in [4.78, 5) is 25.5. The molecule has 0 atom stereocenters. The van der Waals surface area contributed by atoms with Crippen LogP contribution >= 0.6 is 0 Å². The molecule has 1 aromatic carbocycles. The van der Waals surface area contributed by atoms with Crippen molar-refractivity contribution < 1.29 is 19.4 Å². The molecule has 112 valence electrons. The molecule has 0 spiro atoms. The monoisotopic (exact) mass is 289 g/mol. The number of carboxylic acids is 1. The van der Waals surface area contributed by atoms with E-state index in [2.05, 4.69) is 0 Å². The molecule has 1 aromatic rings. The fourth-order valence-corrected chi connectivity index (χ4v) is 2.82. The van der Waals surface area contributed by atoms with Gasteiger partial charge in [0, 0.05) is 6.54 Å². The lowest BCUT2D eigenvalue weighted by atomic mass is 9.84. The molecule has 0 bridgehead atoms. The van der Waals surface area contributed by atoms with E-state index in [9.17, 15) is 9.59 Å². The van der Waals surface area contributed by atoms with Gasteiger partial charge in [0.15, 0.2) is 5.60 Å². The molecule has 1 fully saturated rings. The SMILES string of the molecule is CC1(C)Oc2ccc(C(=O)O)cc2N(CC2CCC2)C1=O. The van der Waals surface area contributed by atoms with Gasteiger partial charge in [-0.3, -0.25) is 4.79 Å². The van der Waals surface area contributed by atoms with E-state index >= 15 is 0 Å². The van der Waals surface area contributed by atoms with E-state index in [1.165, 1.54) is 18.6 Å². The van der Waals surface area contributed by atoms with Crippen LogP contribution in [0.2, 0.25) is 0 Å². The third kappa shape index (κ3) is 2.37. The van der Waals surface area contributed by atoms with Crippen LogP contribution in [0.5, 0.6) is 5.75 Å². The molecule has 1 N–H and O–H groups in total. The van der Waals surface area contributed by atoms with E-state index in [-0.39, 0.29) is 11.5 Å². The van der Waals surface area contributed by atoms with E-state index in [1.807, 2.05) is 0 Å². The second-order valence-electron chi connectivity index (χ2n) is 6.31. The summed E-state index contributed by atoms with van der Waals surface area (Å²) in [5.74, 6) is -0.0313.